The predicted octanol–water partition coefficient (Wildman–Crippen LogP) is 3.08. The normalized spacial score (nSPS) is 21.5. The molecule has 2 aromatic rings. The van der Waals surface area contributed by atoms with Gasteiger partial charge in [0.05, 0.1) is 11.1 Å². The van der Waals surface area contributed by atoms with Gasteiger partial charge in [0.1, 0.15) is 4.83 Å². The highest BCUT2D eigenvalue weighted by molar-refractivity contribution is 7.99. The molecule has 124 valence electrons. The molecule has 0 aliphatic heterocycles. The quantitative estimate of drug-likeness (QED) is 0.656. The SMILES string of the molecule is Cc1csc2nc(SCC(=O)N[C@H]3CCCC[C@H]3C)[nH]c(=O)c12. The highest BCUT2D eigenvalue weighted by Gasteiger charge is 2.22. The molecule has 23 heavy (non-hydrogen) atoms. The number of hydrogen-bond acceptors (Lipinski definition) is 5. The van der Waals surface area contributed by atoms with Gasteiger partial charge in [0.25, 0.3) is 5.56 Å². The molecule has 1 amide bonds. The van der Waals surface area contributed by atoms with Gasteiger partial charge < -0.3 is 10.3 Å². The Morgan fingerprint density at radius 2 is 2.26 bits per heavy atom. The Balaban J connectivity index is 1.61. The van der Waals surface area contributed by atoms with Crippen LogP contribution in [-0.4, -0.2) is 27.7 Å². The van der Waals surface area contributed by atoms with E-state index in [-0.39, 0.29) is 23.3 Å². The van der Waals surface area contributed by atoms with Crippen LogP contribution >= 0.6 is 23.1 Å². The van der Waals surface area contributed by atoms with Gasteiger partial charge in [-0.05, 0) is 36.6 Å². The van der Waals surface area contributed by atoms with E-state index < -0.39 is 0 Å². The summed E-state index contributed by atoms with van der Waals surface area (Å²) in [5, 5.41) is 6.21. The number of aromatic amines is 1. The van der Waals surface area contributed by atoms with Crippen molar-refractivity contribution in [2.45, 2.75) is 50.7 Å². The van der Waals surface area contributed by atoms with Crippen LogP contribution in [0.3, 0.4) is 0 Å². The van der Waals surface area contributed by atoms with Gasteiger partial charge in [-0.2, -0.15) is 0 Å². The fourth-order valence-corrected chi connectivity index (χ4v) is 4.70. The van der Waals surface area contributed by atoms with Gasteiger partial charge in [0.2, 0.25) is 5.91 Å². The zero-order chi connectivity index (χ0) is 16.4. The fourth-order valence-electron chi connectivity index (χ4n) is 3.05. The molecule has 2 aromatic heterocycles. The summed E-state index contributed by atoms with van der Waals surface area (Å²) in [7, 11) is 0. The Morgan fingerprint density at radius 1 is 1.48 bits per heavy atom. The molecule has 1 aliphatic rings. The zero-order valence-electron chi connectivity index (χ0n) is 13.3. The maximum absolute atomic E-state index is 12.1. The zero-order valence-corrected chi connectivity index (χ0v) is 15.0. The molecule has 2 atom stereocenters. The van der Waals surface area contributed by atoms with E-state index in [0.29, 0.717) is 16.5 Å². The molecule has 0 bridgehead atoms. The van der Waals surface area contributed by atoms with Gasteiger partial charge in [0.15, 0.2) is 5.16 Å². The van der Waals surface area contributed by atoms with Crippen LogP contribution in [0.2, 0.25) is 0 Å². The lowest BCUT2D eigenvalue weighted by Crippen LogP contribution is -2.41. The minimum atomic E-state index is -0.127. The van der Waals surface area contributed by atoms with E-state index in [2.05, 4.69) is 22.2 Å². The van der Waals surface area contributed by atoms with E-state index in [4.69, 9.17) is 0 Å². The minimum Gasteiger partial charge on any atom is -0.352 e. The maximum Gasteiger partial charge on any atom is 0.260 e. The summed E-state index contributed by atoms with van der Waals surface area (Å²) in [5.41, 5.74) is 0.817. The van der Waals surface area contributed by atoms with Crippen molar-refractivity contribution < 1.29 is 4.79 Å². The minimum absolute atomic E-state index is 0.0128. The number of aromatic nitrogens is 2. The summed E-state index contributed by atoms with van der Waals surface area (Å²) in [4.78, 5) is 32.2. The molecular formula is C16H21N3O2S2. The van der Waals surface area contributed by atoms with Gasteiger partial charge in [-0.3, -0.25) is 9.59 Å². The average Bonchev–Trinajstić information content (AvgIpc) is 2.89. The summed E-state index contributed by atoms with van der Waals surface area (Å²) in [5.74, 6) is 0.835. The number of rotatable bonds is 4. The molecule has 2 N–H and O–H groups in total. The summed E-state index contributed by atoms with van der Waals surface area (Å²) < 4.78 is 0. The molecule has 1 fully saturated rings. The molecular weight excluding hydrogens is 330 g/mol. The second-order valence-corrected chi connectivity index (χ2v) is 8.02. The molecule has 3 rings (SSSR count). The number of carbonyl (C=O) groups excluding carboxylic acids is 1. The predicted molar refractivity (Wildman–Crippen MR) is 95.3 cm³/mol. The monoisotopic (exact) mass is 351 g/mol. The lowest BCUT2D eigenvalue weighted by molar-refractivity contribution is -0.119. The molecule has 0 radical (unpaired) electrons. The van der Waals surface area contributed by atoms with Crippen LogP contribution in [0.5, 0.6) is 0 Å². The second-order valence-electron chi connectivity index (χ2n) is 6.19. The summed E-state index contributed by atoms with van der Waals surface area (Å²) in [6.45, 7) is 4.10. The van der Waals surface area contributed by atoms with Gasteiger partial charge in [0, 0.05) is 6.04 Å². The van der Waals surface area contributed by atoms with Gasteiger partial charge in [-0.1, -0.05) is 31.5 Å². The third-order valence-electron chi connectivity index (χ3n) is 4.40. The van der Waals surface area contributed by atoms with Gasteiger partial charge >= 0.3 is 0 Å². The number of aryl methyl sites for hydroxylation is 1. The standard InChI is InChI=1S/C16H21N3O2S2/c1-9-5-3-4-6-11(9)17-12(20)8-23-16-18-14(21)13-10(2)7-22-15(13)19-16/h7,9,11H,3-6,8H2,1-2H3,(H,17,20)(H,18,19,21)/t9-,11+/m1/s1. The largest absolute Gasteiger partial charge is 0.352 e. The molecule has 0 aromatic carbocycles. The summed E-state index contributed by atoms with van der Waals surface area (Å²) >= 11 is 2.74. The number of hydrogen-bond donors (Lipinski definition) is 2. The second kappa shape index (κ2) is 7.05. The van der Waals surface area contributed by atoms with Crippen molar-refractivity contribution in [3.63, 3.8) is 0 Å². The van der Waals surface area contributed by atoms with Crippen LogP contribution in [0.15, 0.2) is 15.3 Å². The van der Waals surface area contributed by atoms with Crippen molar-refractivity contribution in [1.29, 1.82) is 0 Å². The number of H-pyrrole nitrogens is 1. The molecule has 1 aliphatic carbocycles. The average molecular weight is 351 g/mol. The first-order valence-corrected chi connectivity index (χ1v) is 9.81. The van der Waals surface area contributed by atoms with Crippen LogP contribution in [0, 0.1) is 12.8 Å². The van der Waals surface area contributed by atoms with Crippen LogP contribution in [0.4, 0.5) is 0 Å². The Morgan fingerprint density at radius 3 is 3.04 bits per heavy atom. The summed E-state index contributed by atoms with van der Waals surface area (Å²) in [6, 6.07) is 0.284. The maximum atomic E-state index is 12.1. The molecule has 0 spiro atoms. The van der Waals surface area contributed by atoms with Crippen LogP contribution in [0.1, 0.15) is 38.2 Å². The molecule has 1 saturated carbocycles. The fraction of sp³-hybridized carbons (Fsp3) is 0.562. The van der Waals surface area contributed by atoms with E-state index in [1.165, 1.54) is 42.4 Å². The van der Waals surface area contributed by atoms with Crippen molar-refractivity contribution in [3.05, 3.63) is 21.3 Å². The lowest BCUT2D eigenvalue weighted by Gasteiger charge is -2.29. The van der Waals surface area contributed by atoms with Crippen LogP contribution < -0.4 is 10.9 Å². The number of thioether (sulfide) groups is 1. The number of amides is 1. The highest BCUT2D eigenvalue weighted by atomic mass is 32.2. The molecule has 0 unspecified atom stereocenters. The first kappa shape index (κ1) is 16.5. The molecule has 0 saturated heterocycles. The Kier molecular flexibility index (Phi) is 5.06. The van der Waals surface area contributed by atoms with Crippen LogP contribution in [-0.2, 0) is 4.79 Å². The Labute approximate surface area is 143 Å². The molecule has 7 heteroatoms. The van der Waals surface area contributed by atoms with E-state index in [1.807, 2.05) is 12.3 Å². The van der Waals surface area contributed by atoms with Crippen LogP contribution in [0.25, 0.3) is 10.2 Å². The summed E-state index contributed by atoms with van der Waals surface area (Å²) in [6.07, 6.45) is 4.69. The van der Waals surface area contributed by atoms with Crippen molar-refractivity contribution in [1.82, 2.24) is 15.3 Å². The van der Waals surface area contributed by atoms with E-state index in [1.54, 1.807) is 0 Å². The van der Waals surface area contributed by atoms with Gasteiger partial charge in [-0.15, -0.1) is 11.3 Å². The van der Waals surface area contributed by atoms with Gasteiger partial charge in [-0.25, -0.2) is 4.98 Å². The first-order valence-electron chi connectivity index (χ1n) is 7.95. The van der Waals surface area contributed by atoms with E-state index in [0.717, 1.165) is 16.8 Å². The highest BCUT2D eigenvalue weighted by Crippen LogP contribution is 2.25. The first-order chi connectivity index (χ1) is 11.0. The van der Waals surface area contributed by atoms with Crippen molar-refractivity contribution in [3.8, 4) is 0 Å². The third kappa shape index (κ3) is 3.77. The number of nitrogens with zero attached hydrogens (tertiary/aromatic N) is 1. The van der Waals surface area contributed by atoms with E-state index in [9.17, 15) is 9.59 Å². The number of carbonyl (C=O) groups is 1. The number of fused-ring (bicyclic) bond motifs is 1. The molecule has 2 heterocycles. The third-order valence-corrected chi connectivity index (χ3v) is 6.27. The Bertz CT molecular complexity index is 768. The van der Waals surface area contributed by atoms with E-state index >= 15 is 0 Å². The smallest absolute Gasteiger partial charge is 0.260 e. The topological polar surface area (TPSA) is 74.8 Å². The van der Waals surface area contributed by atoms with Crippen molar-refractivity contribution in [2.75, 3.05) is 5.75 Å². The lowest BCUT2D eigenvalue weighted by atomic mass is 9.86. The number of nitrogens with one attached hydrogen (secondary N) is 2. The van der Waals surface area contributed by atoms with Crippen molar-refractivity contribution >= 4 is 39.2 Å². The van der Waals surface area contributed by atoms with Crippen molar-refractivity contribution in [2.24, 2.45) is 5.92 Å². The Hall–Kier alpha value is -1.34. The molecule has 5 nitrogen and oxygen atoms in total. The number of thiophene rings is 1.